The van der Waals surface area contributed by atoms with Gasteiger partial charge in [0.25, 0.3) is 0 Å². The second-order valence-electron chi connectivity index (χ2n) is 6.52. The fourth-order valence-electron chi connectivity index (χ4n) is 3.36. The van der Waals surface area contributed by atoms with Crippen molar-refractivity contribution in [2.75, 3.05) is 13.1 Å². The molecule has 2 N–H and O–H groups in total. The number of rotatable bonds is 4. The summed E-state index contributed by atoms with van der Waals surface area (Å²) in [6, 6.07) is 19.8. The number of hydrogen-bond donors (Lipinski definition) is 1. The van der Waals surface area contributed by atoms with Crippen molar-refractivity contribution < 1.29 is 13.2 Å². The summed E-state index contributed by atoms with van der Waals surface area (Å²) in [5.41, 5.74) is 7.74. The van der Waals surface area contributed by atoms with Crippen LogP contribution in [0.5, 0.6) is 0 Å². The second-order valence-corrected chi connectivity index (χ2v) is 6.52. The average molecular weight is 370 g/mol. The van der Waals surface area contributed by atoms with E-state index in [1.165, 1.54) is 0 Å². The lowest BCUT2D eigenvalue weighted by Crippen LogP contribution is -2.27. The number of likely N-dealkylation sites (tertiary alicyclic amines) is 1. The SMILES string of the molecule is C=C1CN(C(c2ccccc2)c2ccccc2)C/C1=C/C(=C\N)C(F)(F)F. The van der Waals surface area contributed by atoms with Crippen molar-refractivity contribution in [1.29, 1.82) is 0 Å². The predicted molar refractivity (Wildman–Crippen MR) is 102 cm³/mol. The van der Waals surface area contributed by atoms with Crippen LogP contribution in [0.3, 0.4) is 0 Å². The van der Waals surface area contributed by atoms with Gasteiger partial charge in [-0.15, -0.1) is 0 Å². The molecular formula is C22H21F3N2. The van der Waals surface area contributed by atoms with Crippen LogP contribution in [0.15, 0.2) is 96.2 Å². The van der Waals surface area contributed by atoms with Gasteiger partial charge in [0.15, 0.2) is 0 Å². The zero-order valence-electron chi connectivity index (χ0n) is 14.8. The minimum atomic E-state index is -4.48. The van der Waals surface area contributed by atoms with Crippen LogP contribution in [0.25, 0.3) is 0 Å². The van der Waals surface area contributed by atoms with E-state index in [0.717, 1.165) is 17.2 Å². The van der Waals surface area contributed by atoms with Gasteiger partial charge in [-0.3, -0.25) is 4.90 Å². The van der Waals surface area contributed by atoms with Gasteiger partial charge in [-0.25, -0.2) is 0 Å². The lowest BCUT2D eigenvalue weighted by molar-refractivity contribution is -0.0884. The summed E-state index contributed by atoms with van der Waals surface area (Å²) in [6.45, 7) is 4.85. The largest absolute Gasteiger partial charge is 0.417 e. The number of allylic oxidation sites excluding steroid dienone is 2. The van der Waals surface area contributed by atoms with E-state index in [0.29, 0.717) is 30.4 Å². The molecule has 0 amide bonds. The van der Waals surface area contributed by atoms with Crippen molar-refractivity contribution in [1.82, 2.24) is 4.90 Å². The van der Waals surface area contributed by atoms with E-state index in [-0.39, 0.29) is 6.04 Å². The Hall–Kier alpha value is -2.79. The van der Waals surface area contributed by atoms with Gasteiger partial charge in [-0.05, 0) is 28.3 Å². The Labute approximate surface area is 157 Å². The van der Waals surface area contributed by atoms with Crippen LogP contribution in [0, 0.1) is 0 Å². The monoisotopic (exact) mass is 370 g/mol. The van der Waals surface area contributed by atoms with Gasteiger partial charge >= 0.3 is 6.18 Å². The molecule has 0 unspecified atom stereocenters. The highest BCUT2D eigenvalue weighted by molar-refractivity contribution is 5.44. The molecule has 0 saturated carbocycles. The van der Waals surface area contributed by atoms with Gasteiger partial charge in [-0.1, -0.05) is 67.2 Å². The van der Waals surface area contributed by atoms with E-state index in [2.05, 4.69) is 11.5 Å². The lowest BCUT2D eigenvalue weighted by atomic mass is 9.97. The highest BCUT2D eigenvalue weighted by Crippen LogP contribution is 2.36. The Morgan fingerprint density at radius 3 is 1.93 bits per heavy atom. The molecule has 0 aromatic heterocycles. The van der Waals surface area contributed by atoms with Crippen molar-refractivity contribution in [2.45, 2.75) is 12.2 Å². The molecule has 1 fully saturated rings. The molecule has 5 heteroatoms. The minimum Gasteiger partial charge on any atom is -0.404 e. The molecule has 1 aliphatic rings. The van der Waals surface area contributed by atoms with Crippen molar-refractivity contribution in [3.8, 4) is 0 Å². The first-order valence-corrected chi connectivity index (χ1v) is 8.62. The third-order valence-electron chi connectivity index (χ3n) is 4.65. The summed E-state index contributed by atoms with van der Waals surface area (Å²) in [5, 5.41) is 0. The maximum absolute atomic E-state index is 13.1. The highest BCUT2D eigenvalue weighted by Gasteiger charge is 2.34. The molecule has 0 spiro atoms. The molecule has 140 valence electrons. The van der Waals surface area contributed by atoms with E-state index >= 15 is 0 Å². The van der Waals surface area contributed by atoms with Crippen LogP contribution < -0.4 is 5.73 Å². The molecule has 2 aromatic carbocycles. The van der Waals surface area contributed by atoms with E-state index in [9.17, 15) is 13.2 Å². The van der Waals surface area contributed by atoms with E-state index in [1.807, 2.05) is 60.7 Å². The molecular weight excluding hydrogens is 349 g/mol. The maximum atomic E-state index is 13.1. The van der Waals surface area contributed by atoms with Gasteiger partial charge < -0.3 is 5.73 Å². The second kappa shape index (κ2) is 7.84. The summed E-state index contributed by atoms with van der Waals surface area (Å²) in [7, 11) is 0. The van der Waals surface area contributed by atoms with Crippen LogP contribution in [0.2, 0.25) is 0 Å². The molecule has 2 nitrogen and oxygen atoms in total. The molecule has 0 atom stereocenters. The van der Waals surface area contributed by atoms with Crippen molar-refractivity contribution in [3.63, 3.8) is 0 Å². The topological polar surface area (TPSA) is 29.3 Å². The number of nitrogens with zero attached hydrogens (tertiary/aromatic N) is 1. The van der Waals surface area contributed by atoms with Crippen LogP contribution in [-0.2, 0) is 0 Å². The van der Waals surface area contributed by atoms with Crippen LogP contribution >= 0.6 is 0 Å². The van der Waals surface area contributed by atoms with Crippen LogP contribution in [0.4, 0.5) is 13.2 Å². The Bertz CT molecular complexity index is 813. The van der Waals surface area contributed by atoms with Gasteiger partial charge in [0.1, 0.15) is 0 Å². The average Bonchev–Trinajstić information content (AvgIpc) is 3.00. The summed E-state index contributed by atoms with van der Waals surface area (Å²) in [5.74, 6) is 0. The van der Waals surface area contributed by atoms with E-state index in [4.69, 9.17) is 5.73 Å². The molecule has 27 heavy (non-hydrogen) atoms. The summed E-state index contributed by atoms with van der Waals surface area (Å²) < 4.78 is 39.2. The molecule has 3 rings (SSSR count). The standard InChI is InChI=1S/C22H21F3N2/c1-16-14-27(15-19(16)12-20(13-26)22(23,24)25)21(17-8-4-2-5-9-17)18-10-6-3-7-11-18/h2-13,21H,1,14-15,26H2/b19-12-,20-13+. The van der Waals surface area contributed by atoms with E-state index in [1.54, 1.807) is 0 Å². The van der Waals surface area contributed by atoms with Gasteiger partial charge in [0.05, 0.1) is 11.6 Å². The summed E-state index contributed by atoms with van der Waals surface area (Å²) in [4.78, 5) is 2.13. The number of benzene rings is 2. The molecule has 1 heterocycles. The maximum Gasteiger partial charge on any atom is 0.417 e. The van der Waals surface area contributed by atoms with Crippen LogP contribution in [0.1, 0.15) is 17.2 Å². The quantitative estimate of drug-likeness (QED) is 0.823. The lowest BCUT2D eigenvalue weighted by Gasteiger charge is -2.28. The first-order valence-electron chi connectivity index (χ1n) is 8.62. The fraction of sp³-hybridized carbons (Fsp3) is 0.182. The Balaban J connectivity index is 1.95. The van der Waals surface area contributed by atoms with Crippen molar-refractivity contribution in [2.24, 2.45) is 5.73 Å². The minimum absolute atomic E-state index is 0.0637. The van der Waals surface area contributed by atoms with Crippen LogP contribution in [-0.4, -0.2) is 24.2 Å². The third kappa shape index (κ3) is 4.31. The van der Waals surface area contributed by atoms with E-state index < -0.39 is 11.7 Å². The zero-order chi connectivity index (χ0) is 19.4. The molecule has 2 aromatic rings. The molecule has 1 saturated heterocycles. The van der Waals surface area contributed by atoms with Gasteiger partial charge in [-0.2, -0.15) is 13.2 Å². The molecule has 0 bridgehead atoms. The predicted octanol–water partition coefficient (Wildman–Crippen LogP) is 4.98. The van der Waals surface area contributed by atoms with Gasteiger partial charge in [0.2, 0.25) is 0 Å². The van der Waals surface area contributed by atoms with Crippen molar-refractivity contribution >= 4 is 0 Å². The third-order valence-corrected chi connectivity index (χ3v) is 4.65. The number of hydrogen-bond acceptors (Lipinski definition) is 2. The Kier molecular flexibility index (Phi) is 5.51. The molecule has 0 aliphatic carbocycles. The summed E-state index contributed by atoms with van der Waals surface area (Å²) >= 11 is 0. The Morgan fingerprint density at radius 2 is 1.48 bits per heavy atom. The molecule has 0 radical (unpaired) electrons. The highest BCUT2D eigenvalue weighted by atomic mass is 19.4. The van der Waals surface area contributed by atoms with Gasteiger partial charge in [0, 0.05) is 19.3 Å². The zero-order valence-corrected chi connectivity index (χ0v) is 14.8. The number of nitrogens with two attached hydrogens (primary N) is 1. The smallest absolute Gasteiger partial charge is 0.404 e. The fourth-order valence-corrected chi connectivity index (χ4v) is 3.36. The molecule has 1 aliphatic heterocycles. The normalized spacial score (nSPS) is 17.9. The summed E-state index contributed by atoms with van der Waals surface area (Å²) in [6.07, 6.45) is -2.77. The van der Waals surface area contributed by atoms with Crippen molar-refractivity contribution in [3.05, 3.63) is 107 Å². The number of halogens is 3. The number of alkyl halides is 3. The first-order chi connectivity index (χ1) is 12.9. The first kappa shape index (κ1) is 19.0. The Morgan fingerprint density at radius 1 is 0.963 bits per heavy atom.